The van der Waals surface area contributed by atoms with Crippen LogP contribution in [0.5, 0.6) is 0 Å². The van der Waals surface area contributed by atoms with E-state index in [2.05, 4.69) is 15.6 Å². The molecule has 2 atom stereocenters. The number of anilines is 1. The fraction of sp³-hybridized carbons (Fsp3) is 0.375. The highest BCUT2D eigenvalue weighted by molar-refractivity contribution is 6.30. The number of aliphatic imine (C=N–C) groups is 1. The van der Waals surface area contributed by atoms with Crippen molar-refractivity contribution in [2.45, 2.75) is 37.8 Å². The van der Waals surface area contributed by atoms with Gasteiger partial charge in [0.15, 0.2) is 5.90 Å². The number of carbonyl (C=O) groups is 3. The standard InChI is InChI=1S/C16H16ClN3O4/c17-9-1-3-10(4-2-9)18-15(22)11-6-8-14(20-11)24-16(23)12-5-7-13(21)19-12/h1-4,11-12H,5-8H2,(H,18,22)(H,19,21)/t11-,12+/m1/s1. The average Bonchev–Trinajstić information content (AvgIpc) is 3.19. The quantitative estimate of drug-likeness (QED) is 0.811. The topological polar surface area (TPSA) is 96.9 Å². The molecule has 0 bridgehead atoms. The maximum absolute atomic E-state index is 12.2. The predicted octanol–water partition coefficient (Wildman–Crippen LogP) is 1.66. The third-order valence-corrected chi connectivity index (χ3v) is 4.10. The van der Waals surface area contributed by atoms with E-state index in [9.17, 15) is 14.4 Å². The average molecular weight is 350 g/mol. The zero-order valence-corrected chi connectivity index (χ0v) is 13.5. The SMILES string of the molecule is O=C1CC[C@@H](C(=O)OC2=N[C@@H](C(=O)Nc3ccc(Cl)cc3)CC2)N1. The number of rotatable bonds is 3. The van der Waals surface area contributed by atoms with E-state index in [1.165, 1.54) is 0 Å². The summed E-state index contributed by atoms with van der Waals surface area (Å²) in [7, 11) is 0. The van der Waals surface area contributed by atoms with Gasteiger partial charge in [-0.2, -0.15) is 0 Å². The molecule has 1 fully saturated rings. The van der Waals surface area contributed by atoms with Gasteiger partial charge in [-0.1, -0.05) is 11.6 Å². The van der Waals surface area contributed by atoms with Crippen molar-refractivity contribution in [2.24, 2.45) is 4.99 Å². The number of benzene rings is 1. The Balaban J connectivity index is 1.54. The predicted molar refractivity (Wildman–Crippen MR) is 87.8 cm³/mol. The molecule has 8 heteroatoms. The molecule has 0 saturated carbocycles. The summed E-state index contributed by atoms with van der Waals surface area (Å²) in [5, 5.41) is 5.87. The van der Waals surface area contributed by atoms with Gasteiger partial charge in [0.1, 0.15) is 12.1 Å². The van der Waals surface area contributed by atoms with Gasteiger partial charge in [-0.15, -0.1) is 0 Å². The summed E-state index contributed by atoms with van der Waals surface area (Å²) in [5.41, 5.74) is 0.624. The van der Waals surface area contributed by atoms with E-state index in [1.807, 2.05) is 0 Å². The summed E-state index contributed by atoms with van der Waals surface area (Å²) in [5.74, 6) is -0.723. The van der Waals surface area contributed by atoms with Crippen molar-refractivity contribution in [3.63, 3.8) is 0 Å². The fourth-order valence-electron chi connectivity index (χ4n) is 2.57. The molecule has 0 spiro atoms. The zero-order valence-electron chi connectivity index (χ0n) is 12.8. The van der Waals surface area contributed by atoms with Gasteiger partial charge >= 0.3 is 5.97 Å². The second-order valence-electron chi connectivity index (χ2n) is 5.65. The van der Waals surface area contributed by atoms with Crippen molar-refractivity contribution < 1.29 is 19.1 Å². The van der Waals surface area contributed by atoms with Crippen LogP contribution in [0.1, 0.15) is 25.7 Å². The smallest absolute Gasteiger partial charge is 0.335 e. The summed E-state index contributed by atoms with van der Waals surface area (Å²) in [6, 6.07) is 5.53. The highest BCUT2D eigenvalue weighted by Crippen LogP contribution is 2.19. The van der Waals surface area contributed by atoms with Gasteiger partial charge in [0.05, 0.1) is 0 Å². The van der Waals surface area contributed by atoms with Crippen LogP contribution in [-0.4, -0.2) is 35.8 Å². The lowest BCUT2D eigenvalue weighted by Crippen LogP contribution is -2.35. The molecule has 0 unspecified atom stereocenters. The third kappa shape index (κ3) is 3.91. The first kappa shape index (κ1) is 16.4. The highest BCUT2D eigenvalue weighted by Gasteiger charge is 2.32. The van der Waals surface area contributed by atoms with Crippen LogP contribution < -0.4 is 10.6 Å². The Bertz CT molecular complexity index is 702. The first-order chi connectivity index (χ1) is 11.5. The van der Waals surface area contributed by atoms with Gasteiger partial charge < -0.3 is 15.4 Å². The molecule has 1 saturated heterocycles. The molecule has 2 amide bonds. The number of carbonyl (C=O) groups excluding carboxylic acids is 3. The monoisotopic (exact) mass is 349 g/mol. The molecular formula is C16H16ClN3O4. The lowest BCUT2D eigenvalue weighted by Gasteiger charge is -2.09. The van der Waals surface area contributed by atoms with Crippen LogP contribution in [0.2, 0.25) is 5.02 Å². The third-order valence-electron chi connectivity index (χ3n) is 3.84. The van der Waals surface area contributed by atoms with Crippen LogP contribution >= 0.6 is 11.6 Å². The van der Waals surface area contributed by atoms with E-state index in [4.69, 9.17) is 16.3 Å². The maximum atomic E-state index is 12.2. The zero-order chi connectivity index (χ0) is 17.1. The van der Waals surface area contributed by atoms with Gasteiger partial charge in [-0.05, 0) is 37.1 Å². The van der Waals surface area contributed by atoms with E-state index in [1.54, 1.807) is 24.3 Å². The summed E-state index contributed by atoms with van der Waals surface area (Å²) in [4.78, 5) is 39.4. The second-order valence-corrected chi connectivity index (χ2v) is 6.09. The molecule has 24 heavy (non-hydrogen) atoms. The normalized spacial score (nSPS) is 22.7. The number of halogens is 1. The van der Waals surface area contributed by atoms with Crippen LogP contribution in [-0.2, 0) is 19.1 Å². The van der Waals surface area contributed by atoms with E-state index >= 15 is 0 Å². The number of hydrogen-bond acceptors (Lipinski definition) is 5. The van der Waals surface area contributed by atoms with Crippen molar-refractivity contribution >= 4 is 41.0 Å². The van der Waals surface area contributed by atoms with E-state index in [0.717, 1.165) is 0 Å². The Morgan fingerprint density at radius 3 is 2.62 bits per heavy atom. The second kappa shape index (κ2) is 7.00. The van der Waals surface area contributed by atoms with Crippen LogP contribution in [0.4, 0.5) is 5.69 Å². The minimum atomic E-state index is -0.623. The van der Waals surface area contributed by atoms with Crippen molar-refractivity contribution in [1.82, 2.24) is 5.32 Å². The minimum absolute atomic E-state index is 0.162. The van der Waals surface area contributed by atoms with Crippen LogP contribution in [0.3, 0.4) is 0 Å². The Morgan fingerprint density at radius 2 is 1.96 bits per heavy atom. The summed E-state index contributed by atoms with van der Waals surface area (Å²) in [6.07, 6.45) is 1.62. The van der Waals surface area contributed by atoms with Gasteiger partial charge in [-0.25, -0.2) is 9.79 Å². The molecule has 2 N–H and O–H groups in total. The Morgan fingerprint density at radius 1 is 1.21 bits per heavy atom. The molecule has 2 aliphatic rings. The fourth-order valence-corrected chi connectivity index (χ4v) is 2.69. The summed E-state index contributed by atoms with van der Waals surface area (Å²) in [6.45, 7) is 0. The molecular weight excluding hydrogens is 334 g/mol. The largest absolute Gasteiger partial charge is 0.410 e. The van der Waals surface area contributed by atoms with Crippen LogP contribution in [0.15, 0.2) is 29.3 Å². The molecule has 0 radical (unpaired) electrons. The van der Waals surface area contributed by atoms with E-state index in [-0.39, 0.29) is 17.7 Å². The summed E-state index contributed by atoms with van der Waals surface area (Å²) >= 11 is 5.80. The molecule has 3 rings (SSSR count). The van der Waals surface area contributed by atoms with Gasteiger partial charge in [0.2, 0.25) is 11.8 Å². The summed E-state index contributed by atoms with van der Waals surface area (Å²) < 4.78 is 5.19. The molecule has 0 aliphatic carbocycles. The lowest BCUT2D eigenvalue weighted by atomic mass is 10.2. The van der Waals surface area contributed by atoms with Crippen LogP contribution in [0, 0.1) is 0 Å². The Labute approximate surface area is 143 Å². The number of nitrogens with one attached hydrogen (secondary N) is 2. The molecule has 2 heterocycles. The Kier molecular flexibility index (Phi) is 4.80. The number of esters is 1. The van der Waals surface area contributed by atoms with Crippen molar-refractivity contribution in [1.29, 1.82) is 0 Å². The lowest BCUT2D eigenvalue weighted by molar-refractivity contribution is -0.138. The molecule has 1 aromatic rings. The minimum Gasteiger partial charge on any atom is -0.410 e. The molecule has 0 aromatic heterocycles. The molecule has 7 nitrogen and oxygen atoms in total. The number of nitrogens with zero attached hydrogens (tertiary/aromatic N) is 1. The van der Waals surface area contributed by atoms with E-state index in [0.29, 0.717) is 36.4 Å². The van der Waals surface area contributed by atoms with Gasteiger partial charge in [0, 0.05) is 23.6 Å². The first-order valence-corrected chi connectivity index (χ1v) is 8.03. The molecule has 126 valence electrons. The van der Waals surface area contributed by atoms with Gasteiger partial charge in [-0.3, -0.25) is 9.59 Å². The van der Waals surface area contributed by atoms with E-state index < -0.39 is 18.1 Å². The molecule has 1 aromatic carbocycles. The highest BCUT2D eigenvalue weighted by atomic mass is 35.5. The van der Waals surface area contributed by atoms with Crippen molar-refractivity contribution in [3.05, 3.63) is 29.3 Å². The molecule has 2 aliphatic heterocycles. The van der Waals surface area contributed by atoms with Crippen molar-refractivity contribution in [2.75, 3.05) is 5.32 Å². The van der Waals surface area contributed by atoms with Crippen LogP contribution in [0.25, 0.3) is 0 Å². The maximum Gasteiger partial charge on any atom is 0.335 e. The number of amides is 2. The Hall–Kier alpha value is -2.41. The van der Waals surface area contributed by atoms with Gasteiger partial charge in [0.25, 0.3) is 0 Å². The number of ether oxygens (including phenoxy) is 1. The van der Waals surface area contributed by atoms with Crippen molar-refractivity contribution in [3.8, 4) is 0 Å². The first-order valence-electron chi connectivity index (χ1n) is 7.65. The number of hydrogen-bond donors (Lipinski definition) is 2.